The molecular weight excluding hydrogens is 216 g/mol. The van der Waals surface area contributed by atoms with Crippen molar-refractivity contribution >= 4 is 5.91 Å². The molecule has 0 aromatic rings. The van der Waals surface area contributed by atoms with Gasteiger partial charge in [-0.2, -0.15) is 0 Å². The van der Waals surface area contributed by atoms with Crippen molar-refractivity contribution in [3.63, 3.8) is 0 Å². The first kappa shape index (κ1) is 14.5. The molecule has 1 aliphatic heterocycles. The Labute approximate surface area is 105 Å². The molecule has 1 N–H and O–H groups in total. The molecule has 0 aliphatic carbocycles. The Morgan fingerprint density at radius 3 is 2.82 bits per heavy atom. The quantitative estimate of drug-likeness (QED) is 0.765. The van der Waals surface area contributed by atoms with E-state index in [0.29, 0.717) is 12.5 Å². The van der Waals surface area contributed by atoms with Gasteiger partial charge in [-0.25, -0.2) is 0 Å². The maximum absolute atomic E-state index is 11.8. The maximum atomic E-state index is 11.8. The number of likely N-dealkylation sites (N-methyl/N-ethyl adjacent to an activating group) is 1. The molecule has 1 saturated heterocycles. The number of nitrogens with zero attached hydrogens (tertiary/aromatic N) is 1. The topological polar surface area (TPSA) is 41.6 Å². The summed E-state index contributed by atoms with van der Waals surface area (Å²) in [5, 5.41) is 3.26. The van der Waals surface area contributed by atoms with Crippen LogP contribution in [0.4, 0.5) is 0 Å². The Hall–Kier alpha value is -0.610. The van der Waals surface area contributed by atoms with E-state index in [-0.39, 0.29) is 12.0 Å². The molecule has 0 radical (unpaired) electrons. The Morgan fingerprint density at radius 1 is 1.47 bits per heavy atom. The largest absolute Gasteiger partial charge is 0.376 e. The standard InChI is InChI=1S/C13H26N2O2/c1-11(2)14-8-7-13(16)15(3)10-12-6-4-5-9-17-12/h11-12,14H,4-10H2,1-3H3. The lowest BCUT2D eigenvalue weighted by atomic mass is 10.1. The Morgan fingerprint density at radius 2 is 2.24 bits per heavy atom. The van der Waals surface area contributed by atoms with Crippen molar-refractivity contribution < 1.29 is 9.53 Å². The molecule has 1 unspecified atom stereocenters. The van der Waals surface area contributed by atoms with E-state index in [1.165, 1.54) is 6.42 Å². The summed E-state index contributed by atoms with van der Waals surface area (Å²) >= 11 is 0. The van der Waals surface area contributed by atoms with Crippen LogP contribution < -0.4 is 5.32 Å². The van der Waals surface area contributed by atoms with Gasteiger partial charge >= 0.3 is 0 Å². The summed E-state index contributed by atoms with van der Waals surface area (Å²) in [6, 6.07) is 0.440. The average molecular weight is 242 g/mol. The van der Waals surface area contributed by atoms with Crippen molar-refractivity contribution in [2.24, 2.45) is 0 Å². The van der Waals surface area contributed by atoms with Crippen LogP contribution >= 0.6 is 0 Å². The molecule has 4 nitrogen and oxygen atoms in total. The SMILES string of the molecule is CC(C)NCCC(=O)N(C)CC1CCCCO1. The molecule has 0 bridgehead atoms. The molecule has 0 spiro atoms. The third kappa shape index (κ3) is 6.03. The molecule has 100 valence electrons. The summed E-state index contributed by atoms with van der Waals surface area (Å²) in [4.78, 5) is 13.6. The van der Waals surface area contributed by atoms with Crippen LogP contribution in [0.5, 0.6) is 0 Å². The molecule has 1 fully saturated rings. The van der Waals surface area contributed by atoms with Crippen LogP contribution in [0.25, 0.3) is 0 Å². The van der Waals surface area contributed by atoms with Crippen LogP contribution in [0, 0.1) is 0 Å². The highest BCUT2D eigenvalue weighted by Gasteiger charge is 2.18. The minimum Gasteiger partial charge on any atom is -0.376 e. The minimum absolute atomic E-state index is 0.201. The number of carbonyl (C=O) groups excluding carboxylic acids is 1. The summed E-state index contributed by atoms with van der Waals surface area (Å²) in [6.07, 6.45) is 4.29. The lowest BCUT2D eigenvalue weighted by Gasteiger charge is -2.27. The van der Waals surface area contributed by atoms with Crippen LogP contribution in [0.15, 0.2) is 0 Å². The molecule has 1 atom stereocenters. The van der Waals surface area contributed by atoms with Crippen LogP contribution in [-0.4, -0.2) is 49.7 Å². The van der Waals surface area contributed by atoms with Crippen molar-refractivity contribution in [3.8, 4) is 0 Å². The normalized spacial score (nSPS) is 20.6. The Balaban J connectivity index is 2.16. The van der Waals surface area contributed by atoms with Gasteiger partial charge in [-0.05, 0) is 19.3 Å². The summed E-state index contributed by atoms with van der Waals surface area (Å²) in [7, 11) is 1.87. The van der Waals surface area contributed by atoms with Gasteiger partial charge in [0.15, 0.2) is 0 Å². The second-order valence-electron chi connectivity index (χ2n) is 5.12. The lowest BCUT2D eigenvalue weighted by molar-refractivity contribution is -0.132. The molecule has 17 heavy (non-hydrogen) atoms. The van der Waals surface area contributed by atoms with E-state index in [1.807, 2.05) is 7.05 Å². The second kappa shape index (κ2) is 7.67. The maximum Gasteiger partial charge on any atom is 0.223 e. The molecule has 1 rings (SSSR count). The van der Waals surface area contributed by atoms with Crippen molar-refractivity contribution in [1.82, 2.24) is 10.2 Å². The number of rotatable bonds is 6. The van der Waals surface area contributed by atoms with Crippen molar-refractivity contribution in [2.45, 2.75) is 51.7 Å². The highest BCUT2D eigenvalue weighted by Crippen LogP contribution is 2.13. The Kier molecular flexibility index (Phi) is 6.52. The van der Waals surface area contributed by atoms with Crippen LogP contribution in [-0.2, 0) is 9.53 Å². The number of nitrogens with one attached hydrogen (secondary N) is 1. The van der Waals surface area contributed by atoms with Crippen LogP contribution in [0.2, 0.25) is 0 Å². The predicted octanol–water partition coefficient (Wildman–Crippen LogP) is 1.40. The van der Waals surface area contributed by atoms with Crippen molar-refractivity contribution in [3.05, 3.63) is 0 Å². The molecular formula is C13H26N2O2. The zero-order valence-corrected chi connectivity index (χ0v) is 11.4. The molecule has 0 aromatic carbocycles. The zero-order valence-electron chi connectivity index (χ0n) is 11.4. The molecule has 1 aliphatic rings. The van der Waals surface area contributed by atoms with Gasteiger partial charge in [-0.3, -0.25) is 4.79 Å². The summed E-state index contributed by atoms with van der Waals surface area (Å²) in [5.41, 5.74) is 0. The third-order valence-corrected chi connectivity index (χ3v) is 3.07. The second-order valence-corrected chi connectivity index (χ2v) is 5.12. The highest BCUT2D eigenvalue weighted by atomic mass is 16.5. The molecule has 4 heteroatoms. The molecule has 0 aromatic heterocycles. The van der Waals surface area contributed by atoms with E-state index in [0.717, 1.165) is 32.5 Å². The van der Waals surface area contributed by atoms with E-state index in [2.05, 4.69) is 19.2 Å². The predicted molar refractivity (Wildman–Crippen MR) is 69.0 cm³/mol. The van der Waals surface area contributed by atoms with Crippen molar-refractivity contribution in [1.29, 1.82) is 0 Å². The summed E-state index contributed by atoms with van der Waals surface area (Å²) in [5.74, 6) is 0.201. The van der Waals surface area contributed by atoms with Crippen molar-refractivity contribution in [2.75, 3.05) is 26.7 Å². The number of hydrogen-bond acceptors (Lipinski definition) is 3. The van der Waals surface area contributed by atoms with Gasteiger partial charge in [0, 0.05) is 39.2 Å². The summed E-state index contributed by atoms with van der Waals surface area (Å²) < 4.78 is 5.63. The first-order valence-electron chi connectivity index (χ1n) is 6.68. The minimum atomic E-state index is 0.201. The van der Waals surface area contributed by atoms with E-state index in [1.54, 1.807) is 4.90 Å². The smallest absolute Gasteiger partial charge is 0.223 e. The van der Waals surface area contributed by atoms with E-state index in [4.69, 9.17) is 4.74 Å². The van der Waals surface area contributed by atoms with E-state index in [9.17, 15) is 4.79 Å². The van der Waals surface area contributed by atoms with Gasteiger partial charge in [-0.1, -0.05) is 13.8 Å². The van der Waals surface area contributed by atoms with E-state index < -0.39 is 0 Å². The fourth-order valence-corrected chi connectivity index (χ4v) is 2.02. The van der Waals surface area contributed by atoms with Gasteiger partial charge in [0.25, 0.3) is 0 Å². The van der Waals surface area contributed by atoms with Gasteiger partial charge in [-0.15, -0.1) is 0 Å². The average Bonchev–Trinajstić information content (AvgIpc) is 2.29. The van der Waals surface area contributed by atoms with Gasteiger partial charge in [0.05, 0.1) is 6.10 Å². The number of ether oxygens (including phenoxy) is 1. The van der Waals surface area contributed by atoms with Gasteiger partial charge in [0.1, 0.15) is 0 Å². The Bertz CT molecular complexity index is 225. The van der Waals surface area contributed by atoms with Gasteiger partial charge < -0.3 is 15.0 Å². The zero-order chi connectivity index (χ0) is 12.7. The number of hydrogen-bond donors (Lipinski definition) is 1. The molecule has 1 heterocycles. The monoisotopic (exact) mass is 242 g/mol. The lowest BCUT2D eigenvalue weighted by Crippen LogP contribution is -2.38. The van der Waals surface area contributed by atoms with Gasteiger partial charge in [0.2, 0.25) is 5.91 Å². The fourth-order valence-electron chi connectivity index (χ4n) is 2.02. The fraction of sp³-hybridized carbons (Fsp3) is 0.923. The van der Waals surface area contributed by atoms with Crippen LogP contribution in [0.3, 0.4) is 0 Å². The van der Waals surface area contributed by atoms with E-state index >= 15 is 0 Å². The first-order chi connectivity index (χ1) is 8.09. The number of amides is 1. The third-order valence-electron chi connectivity index (χ3n) is 3.07. The first-order valence-corrected chi connectivity index (χ1v) is 6.68. The molecule has 0 saturated carbocycles. The summed E-state index contributed by atoms with van der Waals surface area (Å²) in [6.45, 7) is 6.52. The van der Waals surface area contributed by atoms with Crippen LogP contribution in [0.1, 0.15) is 39.5 Å². The molecule has 1 amide bonds. The number of carbonyl (C=O) groups is 1. The highest BCUT2D eigenvalue weighted by molar-refractivity contribution is 5.76.